The Morgan fingerprint density at radius 3 is 2.59 bits per heavy atom. The summed E-state index contributed by atoms with van der Waals surface area (Å²) in [5.41, 5.74) is 3.09. The molecule has 5 rings (SSSR count). The second kappa shape index (κ2) is 10.2. The molecule has 10 heteroatoms. The normalized spacial score (nSPS) is 15.5. The minimum atomic E-state index is -0.598. The quantitative estimate of drug-likeness (QED) is 0.496. The molecule has 0 unspecified atom stereocenters. The highest BCUT2D eigenvalue weighted by atomic mass is 19.1. The number of piperazine rings is 1. The predicted octanol–water partition coefficient (Wildman–Crippen LogP) is 4.70. The van der Waals surface area contributed by atoms with Crippen molar-refractivity contribution in [1.29, 1.82) is 0 Å². The molecule has 194 valence electrons. The van der Waals surface area contributed by atoms with Gasteiger partial charge in [-0.05, 0) is 44.2 Å². The van der Waals surface area contributed by atoms with Gasteiger partial charge in [-0.3, -0.25) is 0 Å². The lowest BCUT2D eigenvalue weighted by Gasteiger charge is -2.36. The van der Waals surface area contributed by atoms with Crippen molar-refractivity contribution in [3.8, 4) is 22.8 Å². The molecule has 8 nitrogen and oxygen atoms in total. The Kier molecular flexibility index (Phi) is 6.84. The molecule has 0 atom stereocenters. The van der Waals surface area contributed by atoms with Crippen molar-refractivity contribution in [2.75, 3.05) is 55.0 Å². The van der Waals surface area contributed by atoms with Crippen LogP contribution < -0.4 is 29.9 Å². The van der Waals surface area contributed by atoms with Gasteiger partial charge in [-0.2, -0.15) is 0 Å². The molecule has 2 aliphatic rings. The zero-order valence-corrected chi connectivity index (χ0v) is 21.1. The summed E-state index contributed by atoms with van der Waals surface area (Å²) in [6.45, 7) is 11.6. The Morgan fingerprint density at radius 1 is 1.11 bits per heavy atom. The summed E-state index contributed by atoms with van der Waals surface area (Å²) in [5.74, 6) is 0.231. The lowest BCUT2D eigenvalue weighted by molar-refractivity contribution is 0.305. The summed E-state index contributed by atoms with van der Waals surface area (Å²) in [7, 11) is 1.54. The first-order valence-electron chi connectivity index (χ1n) is 12.2. The molecular weight excluding hydrogens is 478 g/mol. The third-order valence-electron chi connectivity index (χ3n) is 6.43. The molecule has 1 aromatic heterocycles. The number of ether oxygens (including phenoxy) is 2. The van der Waals surface area contributed by atoms with E-state index in [0.29, 0.717) is 35.0 Å². The van der Waals surface area contributed by atoms with Crippen LogP contribution in [-0.2, 0) is 0 Å². The fraction of sp³-hybridized carbons (Fsp3) is 0.333. The van der Waals surface area contributed by atoms with Gasteiger partial charge in [0.25, 0.3) is 0 Å². The molecule has 2 aromatic carbocycles. The minimum Gasteiger partial charge on any atom is -0.493 e. The first kappa shape index (κ1) is 24.8. The van der Waals surface area contributed by atoms with Gasteiger partial charge in [0.05, 0.1) is 24.7 Å². The Bertz CT molecular complexity index is 1330. The number of nitrogens with zero attached hydrogens (tertiary/aromatic N) is 4. The Balaban J connectivity index is 1.47. The number of halogens is 2. The van der Waals surface area contributed by atoms with Crippen LogP contribution >= 0.6 is 0 Å². The summed E-state index contributed by atoms with van der Waals surface area (Å²) in [6.07, 6.45) is 1.09. The van der Waals surface area contributed by atoms with Gasteiger partial charge in [-0.25, -0.2) is 18.7 Å². The van der Waals surface area contributed by atoms with Crippen molar-refractivity contribution >= 4 is 23.0 Å². The zero-order chi connectivity index (χ0) is 26.1. The Morgan fingerprint density at radius 2 is 1.89 bits per heavy atom. The highest BCUT2D eigenvalue weighted by Crippen LogP contribution is 2.46. The molecule has 0 amide bonds. The predicted molar refractivity (Wildman–Crippen MR) is 141 cm³/mol. The SMILES string of the molecule is C=C1COc2c(OC)cc(-c3nc(Nc4ccc(N5CCNCC5)c(F)c4)ncc3F)cc2N1C(C)C. The molecule has 3 heterocycles. The number of aromatic nitrogens is 2. The van der Waals surface area contributed by atoms with Crippen LogP contribution in [-0.4, -0.2) is 55.9 Å². The number of fused-ring (bicyclic) bond motifs is 1. The number of rotatable bonds is 6. The highest BCUT2D eigenvalue weighted by Gasteiger charge is 2.28. The second-order valence-electron chi connectivity index (χ2n) is 9.26. The van der Waals surface area contributed by atoms with Gasteiger partial charge < -0.3 is 29.9 Å². The van der Waals surface area contributed by atoms with E-state index >= 15 is 0 Å². The van der Waals surface area contributed by atoms with Gasteiger partial charge in [-0.15, -0.1) is 0 Å². The van der Waals surface area contributed by atoms with E-state index in [1.165, 1.54) is 13.2 Å². The maximum absolute atomic E-state index is 15.0. The lowest BCUT2D eigenvalue weighted by Crippen LogP contribution is -2.43. The van der Waals surface area contributed by atoms with E-state index in [0.717, 1.165) is 43.8 Å². The Labute approximate surface area is 214 Å². The van der Waals surface area contributed by atoms with Crippen LogP contribution in [0, 0.1) is 11.6 Å². The van der Waals surface area contributed by atoms with Gasteiger partial charge >= 0.3 is 0 Å². The third-order valence-corrected chi connectivity index (χ3v) is 6.43. The monoisotopic (exact) mass is 508 g/mol. The number of anilines is 4. The largest absolute Gasteiger partial charge is 0.493 e. The molecule has 1 saturated heterocycles. The van der Waals surface area contributed by atoms with Crippen LogP contribution in [0.15, 0.2) is 48.8 Å². The van der Waals surface area contributed by atoms with Crippen molar-refractivity contribution in [3.05, 3.63) is 60.4 Å². The molecule has 0 aliphatic carbocycles. The van der Waals surface area contributed by atoms with Gasteiger partial charge in [0.15, 0.2) is 17.3 Å². The van der Waals surface area contributed by atoms with Crippen molar-refractivity contribution in [1.82, 2.24) is 15.3 Å². The van der Waals surface area contributed by atoms with Gasteiger partial charge in [0, 0.05) is 49.2 Å². The lowest BCUT2D eigenvalue weighted by atomic mass is 10.1. The van der Waals surface area contributed by atoms with E-state index in [1.807, 2.05) is 23.6 Å². The third kappa shape index (κ3) is 4.89. The first-order valence-corrected chi connectivity index (χ1v) is 12.2. The molecule has 2 aliphatic heterocycles. The van der Waals surface area contributed by atoms with Crippen LogP contribution in [0.3, 0.4) is 0 Å². The number of hydrogen-bond acceptors (Lipinski definition) is 8. The van der Waals surface area contributed by atoms with Crippen molar-refractivity contribution in [2.24, 2.45) is 0 Å². The maximum atomic E-state index is 15.0. The van der Waals surface area contributed by atoms with Crippen LogP contribution in [0.5, 0.6) is 11.5 Å². The van der Waals surface area contributed by atoms with E-state index < -0.39 is 5.82 Å². The van der Waals surface area contributed by atoms with Crippen molar-refractivity contribution in [2.45, 2.75) is 19.9 Å². The molecule has 3 aromatic rings. The fourth-order valence-corrected chi connectivity index (χ4v) is 4.74. The molecule has 0 saturated carbocycles. The van der Waals surface area contributed by atoms with E-state index in [4.69, 9.17) is 9.47 Å². The van der Waals surface area contributed by atoms with Crippen LogP contribution in [0.1, 0.15) is 13.8 Å². The molecular formula is C27H30F2N6O2. The molecule has 0 radical (unpaired) electrons. The van der Waals surface area contributed by atoms with E-state index in [-0.39, 0.29) is 23.5 Å². The molecule has 0 bridgehead atoms. The van der Waals surface area contributed by atoms with Crippen molar-refractivity contribution in [3.63, 3.8) is 0 Å². The van der Waals surface area contributed by atoms with Gasteiger partial charge in [-0.1, -0.05) is 6.58 Å². The van der Waals surface area contributed by atoms with Crippen LogP contribution in [0.4, 0.5) is 31.8 Å². The average Bonchev–Trinajstić information content (AvgIpc) is 2.89. The smallest absolute Gasteiger partial charge is 0.227 e. The highest BCUT2D eigenvalue weighted by molar-refractivity contribution is 5.78. The van der Waals surface area contributed by atoms with Crippen molar-refractivity contribution < 1.29 is 18.3 Å². The minimum absolute atomic E-state index is 0.0800. The van der Waals surface area contributed by atoms with Crippen LogP contribution in [0.25, 0.3) is 11.3 Å². The molecule has 1 fully saturated rings. The van der Waals surface area contributed by atoms with E-state index in [1.54, 1.807) is 24.3 Å². The number of nitrogens with one attached hydrogen (secondary N) is 2. The van der Waals surface area contributed by atoms with Gasteiger partial charge in [0.2, 0.25) is 5.95 Å². The van der Waals surface area contributed by atoms with Gasteiger partial charge in [0.1, 0.15) is 18.1 Å². The summed E-state index contributed by atoms with van der Waals surface area (Å²) in [6, 6.07) is 8.48. The Hall–Kier alpha value is -3.92. The first-order chi connectivity index (χ1) is 17.9. The summed E-state index contributed by atoms with van der Waals surface area (Å²) in [5, 5.41) is 6.26. The molecule has 0 spiro atoms. The van der Waals surface area contributed by atoms with Crippen LogP contribution in [0.2, 0.25) is 0 Å². The average molecular weight is 509 g/mol. The molecule has 2 N–H and O–H groups in total. The number of benzene rings is 2. The summed E-state index contributed by atoms with van der Waals surface area (Å²) >= 11 is 0. The van der Waals surface area contributed by atoms with E-state index in [9.17, 15) is 8.78 Å². The molecule has 37 heavy (non-hydrogen) atoms. The number of methoxy groups -OCH3 is 1. The fourth-order valence-electron chi connectivity index (χ4n) is 4.74. The summed E-state index contributed by atoms with van der Waals surface area (Å²) < 4.78 is 41.3. The van der Waals surface area contributed by atoms with E-state index in [2.05, 4.69) is 27.2 Å². The maximum Gasteiger partial charge on any atom is 0.227 e. The topological polar surface area (TPSA) is 74.8 Å². The summed E-state index contributed by atoms with van der Waals surface area (Å²) in [4.78, 5) is 12.5. The number of hydrogen-bond donors (Lipinski definition) is 2. The standard InChI is InChI=1S/C27H30F2N6O2/c1-16(2)35-17(3)15-37-26-23(35)11-18(12-24(26)36-4)25-21(29)14-31-27(33-25)32-19-5-6-22(20(28)13-19)34-9-7-30-8-10-34/h5-6,11-14,16,30H,3,7-10,15H2,1-2,4H3,(H,31,32,33). The zero-order valence-electron chi connectivity index (χ0n) is 21.1. The second-order valence-corrected chi connectivity index (χ2v) is 9.26.